The van der Waals surface area contributed by atoms with E-state index < -0.39 is 11.2 Å². The lowest BCUT2D eigenvalue weighted by Gasteiger charge is -2.07. The average molecular weight is 368 g/mol. The highest BCUT2D eigenvalue weighted by Crippen LogP contribution is 2.31. The average Bonchev–Trinajstić information content (AvgIpc) is 3.06. The number of aryl methyl sites for hydroxylation is 2. The maximum Gasteiger partial charge on any atom is 0.336 e. The third kappa shape index (κ3) is 2.46. The first-order valence-electron chi connectivity index (χ1n) is 7.90. The predicted octanol–water partition coefficient (Wildman–Crippen LogP) is 3.31. The molecule has 0 atom stereocenters. The smallest absolute Gasteiger partial charge is 0.336 e. The lowest BCUT2D eigenvalue weighted by atomic mass is 10.2. The molecule has 0 aliphatic carbocycles. The summed E-state index contributed by atoms with van der Waals surface area (Å²) in [7, 11) is 1.59. The molecule has 0 fully saturated rings. The summed E-state index contributed by atoms with van der Waals surface area (Å²) < 4.78 is 8.23. The number of nitrogens with zero attached hydrogens (tertiary/aromatic N) is 3. The molecule has 0 unspecified atom stereocenters. The summed E-state index contributed by atoms with van der Waals surface area (Å²) in [6, 6.07) is 10.5. The molecule has 7 heteroatoms. The lowest BCUT2D eigenvalue weighted by molar-refractivity contribution is 0.615. The minimum atomic E-state index is -0.534. The molecule has 0 aliphatic heterocycles. The second-order valence-electron chi connectivity index (χ2n) is 6.01. The van der Waals surface area contributed by atoms with Crippen molar-refractivity contribution in [3.05, 3.63) is 80.2 Å². The molecule has 0 saturated heterocycles. The van der Waals surface area contributed by atoms with Gasteiger partial charge in [0.05, 0.1) is 22.4 Å². The Bertz CT molecular complexity index is 1270. The van der Waals surface area contributed by atoms with Gasteiger partial charge in [-0.25, -0.2) is 9.36 Å². The zero-order valence-corrected chi connectivity index (χ0v) is 14.8. The molecular weight excluding hydrogens is 354 g/mol. The Morgan fingerprint density at radius 1 is 1.12 bits per heavy atom. The van der Waals surface area contributed by atoms with Crippen LogP contribution in [0.25, 0.3) is 28.1 Å². The first-order chi connectivity index (χ1) is 12.5. The number of hydrogen-bond acceptors (Lipinski definition) is 4. The number of aromatic nitrogens is 3. The first kappa shape index (κ1) is 16.4. The van der Waals surface area contributed by atoms with E-state index in [9.17, 15) is 9.59 Å². The summed E-state index contributed by atoms with van der Waals surface area (Å²) in [5.41, 5.74) is 1.38. The Morgan fingerprint density at radius 2 is 1.88 bits per heavy atom. The van der Waals surface area contributed by atoms with Crippen LogP contribution in [0.4, 0.5) is 0 Å². The second-order valence-corrected chi connectivity index (χ2v) is 6.41. The molecule has 3 heterocycles. The van der Waals surface area contributed by atoms with Crippen LogP contribution in [-0.2, 0) is 7.05 Å². The summed E-state index contributed by atoms with van der Waals surface area (Å²) in [5.74, 6) is 0.429. The molecular formula is C19H14ClN3O3. The van der Waals surface area contributed by atoms with Crippen molar-refractivity contribution in [1.29, 1.82) is 0 Å². The molecule has 130 valence electrons. The van der Waals surface area contributed by atoms with Gasteiger partial charge in [0, 0.05) is 24.9 Å². The quantitative estimate of drug-likeness (QED) is 0.545. The summed E-state index contributed by atoms with van der Waals surface area (Å²) in [5, 5.41) is 0.500. The van der Waals surface area contributed by atoms with Crippen LogP contribution in [0.3, 0.4) is 0 Å². The van der Waals surface area contributed by atoms with E-state index in [0.29, 0.717) is 27.6 Å². The van der Waals surface area contributed by atoms with Crippen LogP contribution < -0.4 is 11.2 Å². The fourth-order valence-corrected chi connectivity index (χ4v) is 3.14. The van der Waals surface area contributed by atoms with E-state index in [1.165, 1.54) is 10.8 Å². The van der Waals surface area contributed by atoms with Gasteiger partial charge in [-0.15, -0.1) is 0 Å². The topological polar surface area (TPSA) is 70.0 Å². The third-order valence-electron chi connectivity index (χ3n) is 4.21. The maximum atomic E-state index is 12.9. The van der Waals surface area contributed by atoms with Crippen molar-refractivity contribution in [2.45, 2.75) is 6.92 Å². The van der Waals surface area contributed by atoms with Crippen molar-refractivity contribution >= 4 is 22.7 Å². The number of furan rings is 1. The van der Waals surface area contributed by atoms with Gasteiger partial charge in [0.25, 0.3) is 0 Å². The molecule has 0 spiro atoms. The van der Waals surface area contributed by atoms with Gasteiger partial charge in [-0.1, -0.05) is 23.7 Å². The molecule has 0 saturated carbocycles. The number of hydrogen-bond donors (Lipinski definition) is 0. The number of benzene rings is 1. The van der Waals surface area contributed by atoms with Crippen molar-refractivity contribution < 1.29 is 4.42 Å². The van der Waals surface area contributed by atoms with Gasteiger partial charge in [0.2, 0.25) is 5.58 Å². The van der Waals surface area contributed by atoms with Crippen LogP contribution in [0.2, 0.25) is 5.02 Å². The Labute approximate surface area is 152 Å². The van der Waals surface area contributed by atoms with Crippen LogP contribution in [0.15, 0.2) is 62.8 Å². The van der Waals surface area contributed by atoms with E-state index in [4.69, 9.17) is 16.0 Å². The predicted molar refractivity (Wildman–Crippen MR) is 100 cm³/mol. The minimum Gasteiger partial charge on any atom is -0.449 e. The largest absolute Gasteiger partial charge is 0.449 e. The second kappa shape index (κ2) is 6.00. The fourth-order valence-electron chi connectivity index (χ4n) is 2.91. The zero-order valence-electron chi connectivity index (χ0n) is 14.1. The Hall–Kier alpha value is -3.12. The highest BCUT2D eigenvalue weighted by molar-refractivity contribution is 6.33. The van der Waals surface area contributed by atoms with Crippen LogP contribution >= 0.6 is 11.6 Å². The highest BCUT2D eigenvalue weighted by atomic mass is 35.5. The molecule has 4 aromatic rings. The Kier molecular flexibility index (Phi) is 3.77. The molecule has 26 heavy (non-hydrogen) atoms. The molecule has 0 N–H and O–H groups in total. The van der Waals surface area contributed by atoms with Gasteiger partial charge in [0.1, 0.15) is 5.76 Å². The van der Waals surface area contributed by atoms with Crippen molar-refractivity contribution in [3.63, 3.8) is 0 Å². The minimum absolute atomic E-state index is 0.0866. The summed E-state index contributed by atoms with van der Waals surface area (Å²) in [4.78, 5) is 29.8. The first-order valence-corrected chi connectivity index (χ1v) is 8.27. The maximum absolute atomic E-state index is 12.9. The highest BCUT2D eigenvalue weighted by Gasteiger charge is 2.19. The number of fused-ring (bicyclic) bond motifs is 1. The van der Waals surface area contributed by atoms with Crippen LogP contribution in [0, 0.1) is 6.92 Å². The summed E-state index contributed by atoms with van der Waals surface area (Å²) in [6.07, 6.45) is 3.12. The SMILES string of the molecule is Cc1cncc(-n2c(=O)c3oc(-c4ccccc4Cl)cc3n(C)c2=O)c1. The molecule has 6 nitrogen and oxygen atoms in total. The lowest BCUT2D eigenvalue weighted by Crippen LogP contribution is -2.37. The van der Waals surface area contributed by atoms with Gasteiger partial charge in [0.15, 0.2) is 0 Å². The van der Waals surface area contributed by atoms with Crippen molar-refractivity contribution in [3.8, 4) is 17.0 Å². The molecule has 0 amide bonds. The number of rotatable bonds is 2. The summed E-state index contributed by atoms with van der Waals surface area (Å²) in [6.45, 7) is 1.84. The molecule has 3 aromatic heterocycles. The van der Waals surface area contributed by atoms with E-state index in [0.717, 1.165) is 10.1 Å². The molecule has 0 radical (unpaired) electrons. The van der Waals surface area contributed by atoms with Crippen LogP contribution in [0.5, 0.6) is 0 Å². The number of halogens is 1. The van der Waals surface area contributed by atoms with Gasteiger partial charge in [-0.3, -0.25) is 14.3 Å². The monoisotopic (exact) mass is 367 g/mol. The van der Waals surface area contributed by atoms with Crippen molar-refractivity contribution in [1.82, 2.24) is 14.1 Å². The van der Waals surface area contributed by atoms with Crippen molar-refractivity contribution in [2.24, 2.45) is 7.05 Å². The molecule has 1 aromatic carbocycles. The van der Waals surface area contributed by atoms with Gasteiger partial charge < -0.3 is 4.42 Å². The van der Waals surface area contributed by atoms with Crippen LogP contribution in [0.1, 0.15) is 5.56 Å². The van der Waals surface area contributed by atoms with Gasteiger partial charge >= 0.3 is 11.2 Å². The normalized spacial score (nSPS) is 11.2. The van der Waals surface area contributed by atoms with Crippen molar-refractivity contribution in [2.75, 3.05) is 0 Å². The molecule has 0 aliphatic rings. The molecule has 4 rings (SSSR count). The molecule has 0 bridgehead atoms. The standard InChI is InChI=1S/C19H14ClN3O3/c1-11-7-12(10-21-9-11)23-18(24)17-15(22(2)19(23)25)8-16(26-17)13-5-3-4-6-14(13)20/h3-10H,1-2H3. The Morgan fingerprint density at radius 3 is 2.62 bits per heavy atom. The van der Waals surface area contributed by atoms with Gasteiger partial charge in [-0.05, 0) is 30.7 Å². The fraction of sp³-hybridized carbons (Fsp3) is 0.105. The van der Waals surface area contributed by atoms with E-state index in [1.807, 2.05) is 19.1 Å². The summed E-state index contributed by atoms with van der Waals surface area (Å²) >= 11 is 6.22. The van der Waals surface area contributed by atoms with E-state index in [1.54, 1.807) is 37.5 Å². The zero-order chi connectivity index (χ0) is 18.4. The van der Waals surface area contributed by atoms with Gasteiger partial charge in [-0.2, -0.15) is 0 Å². The third-order valence-corrected chi connectivity index (χ3v) is 4.54. The number of pyridine rings is 1. The Balaban J connectivity index is 2.05. The van der Waals surface area contributed by atoms with E-state index >= 15 is 0 Å². The van der Waals surface area contributed by atoms with E-state index in [-0.39, 0.29) is 5.58 Å². The van der Waals surface area contributed by atoms with E-state index in [2.05, 4.69) is 4.98 Å². The van der Waals surface area contributed by atoms with Crippen LogP contribution in [-0.4, -0.2) is 14.1 Å².